The number of carbonyl (C=O) groups is 5. The number of nitrogens with zero attached hydrogens (tertiary/aromatic N) is 4. The van der Waals surface area contributed by atoms with Gasteiger partial charge in [0.25, 0.3) is 0 Å². The minimum atomic E-state index is -0.767. The molecule has 2 aliphatic heterocycles. The number of allylic oxidation sites excluding steroid dienone is 2. The van der Waals surface area contributed by atoms with Crippen molar-refractivity contribution in [2.75, 3.05) is 39.3 Å². The molecule has 4 heterocycles. The topological polar surface area (TPSA) is 225 Å². The van der Waals surface area contributed by atoms with Crippen molar-refractivity contribution in [3.63, 3.8) is 0 Å². The van der Waals surface area contributed by atoms with E-state index in [0.29, 0.717) is 42.5 Å². The van der Waals surface area contributed by atoms with Crippen LogP contribution in [0, 0.1) is 17.2 Å². The first kappa shape index (κ1) is 50.6. The molecule has 2 aromatic carbocycles. The van der Waals surface area contributed by atoms with Crippen LogP contribution in [0.25, 0.3) is 22.6 Å². The molecule has 68 heavy (non-hydrogen) atoms. The molecule has 0 spiro atoms. The molecule has 0 radical (unpaired) electrons. The van der Waals surface area contributed by atoms with Gasteiger partial charge in [-0.2, -0.15) is 0 Å². The number of rotatable bonds is 18. The van der Waals surface area contributed by atoms with Gasteiger partial charge in [0, 0.05) is 110 Å². The van der Waals surface area contributed by atoms with Crippen molar-refractivity contribution in [3.05, 3.63) is 119 Å². The second kappa shape index (κ2) is 22.8. The molecule has 4 atom stereocenters. The molecule has 2 aliphatic rings. The minimum absolute atomic E-state index is 0.0916. The predicted molar refractivity (Wildman–Crippen MR) is 261 cm³/mol. The van der Waals surface area contributed by atoms with Gasteiger partial charge in [-0.1, -0.05) is 76.2 Å². The van der Waals surface area contributed by atoms with Crippen LogP contribution in [-0.2, 0) is 43.5 Å². The monoisotopic (exact) mass is 930 g/mol. The smallest absolute Gasteiger partial charge is 0.244 e. The van der Waals surface area contributed by atoms with Crippen LogP contribution in [0.5, 0.6) is 0 Å². The van der Waals surface area contributed by atoms with Gasteiger partial charge in [0.2, 0.25) is 23.6 Å². The number of furan rings is 2. The first-order valence-electron chi connectivity index (χ1n) is 23.3. The van der Waals surface area contributed by atoms with Crippen molar-refractivity contribution in [2.45, 2.75) is 92.1 Å². The SMILES string of the molecule is CC(N)=CC(=O)CN1CC(C)N(C(=O)C(C)C)C(C(=O)NCc2ccc(-c3ccc(C/C(N)=C/C(=N)CN4CC(C)N(C(=O)C(C)C)C(C(=O)NCc5ccc(-c6ccco6)cc5)C4)o3)cc2)C1. The molecule has 0 bridgehead atoms. The number of nitrogens with two attached hydrogens (primary N) is 2. The molecule has 2 fully saturated rings. The van der Waals surface area contributed by atoms with E-state index in [1.807, 2.05) is 124 Å². The lowest BCUT2D eigenvalue weighted by Gasteiger charge is -2.45. The Morgan fingerprint density at radius 3 is 1.66 bits per heavy atom. The van der Waals surface area contributed by atoms with Crippen LogP contribution >= 0.6 is 0 Å². The van der Waals surface area contributed by atoms with Gasteiger partial charge in [-0.15, -0.1) is 0 Å². The van der Waals surface area contributed by atoms with E-state index >= 15 is 0 Å². The lowest BCUT2D eigenvalue weighted by atomic mass is 10.0. The van der Waals surface area contributed by atoms with Gasteiger partial charge >= 0.3 is 0 Å². The number of amides is 4. The summed E-state index contributed by atoms with van der Waals surface area (Å²) in [5.41, 5.74) is 16.8. The number of carbonyl (C=O) groups excluding carboxylic acids is 5. The largest absolute Gasteiger partial charge is 0.464 e. The van der Waals surface area contributed by atoms with Gasteiger partial charge in [0.15, 0.2) is 5.78 Å². The van der Waals surface area contributed by atoms with Gasteiger partial charge in [0.1, 0.15) is 29.4 Å². The summed E-state index contributed by atoms with van der Waals surface area (Å²) in [6, 6.07) is 20.7. The fourth-order valence-corrected chi connectivity index (χ4v) is 8.91. The highest BCUT2D eigenvalue weighted by Crippen LogP contribution is 2.26. The molecule has 2 saturated heterocycles. The summed E-state index contributed by atoms with van der Waals surface area (Å²) >= 11 is 0. The van der Waals surface area contributed by atoms with Crippen LogP contribution in [0.1, 0.15) is 65.4 Å². The van der Waals surface area contributed by atoms with E-state index in [2.05, 4.69) is 10.6 Å². The van der Waals surface area contributed by atoms with Gasteiger partial charge in [0.05, 0.1) is 12.8 Å². The van der Waals surface area contributed by atoms with E-state index in [4.69, 9.17) is 25.7 Å². The van der Waals surface area contributed by atoms with Crippen molar-refractivity contribution in [3.8, 4) is 22.6 Å². The minimum Gasteiger partial charge on any atom is -0.464 e. The normalized spacial score (nSPS) is 19.6. The Morgan fingerprint density at radius 1 is 0.691 bits per heavy atom. The number of hydrogen-bond acceptors (Lipinski definition) is 12. The summed E-state index contributed by atoms with van der Waals surface area (Å²) in [6.45, 7) is 15.1. The number of benzene rings is 2. The Labute approximate surface area is 399 Å². The molecular formula is C52H67N9O7. The summed E-state index contributed by atoms with van der Waals surface area (Å²) in [6.07, 6.45) is 4.90. The first-order valence-corrected chi connectivity index (χ1v) is 23.3. The van der Waals surface area contributed by atoms with Crippen LogP contribution in [-0.4, -0.2) is 118 Å². The van der Waals surface area contributed by atoms with E-state index in [1.165, 1.54) is 6.08 Å². The molecule has 4 unspecified atom stereocenters. The molecule has 0 saturated carbocycles. The van der Waals surface area contributed by atoms with Crippen LogP contribution in [0.4, 0.5) is 0 Å². The predicted octanol–water partition coefficient (Wildman–Crippen LogP) is 5.09. The zero-order chi connectivity index (χ0) is 49.2. The van der Waals surface area contributed by atoms with E-state index in [9.17, 15) is 24.0 Å². The van der Waals surface area contributed by atoms with Crippen LogP contribution in [0.15, 0.2) is 111 Å². The second-order valence-electron chi connectivity index (χ2n) is 18.8. The summed E-state index contributed by atoms with van der Waals surface area (Å²) in [4.78, 5) is 73.9. The summed E-state index contributed by atoms with van der Waals surface area (Å²) in [5.74, 6) is 0.514. The number of nitrogens with one attached hydrogen (secondary N) is 3. The van der Waals surface area contributed by atoms with E-state index in [1.54, 1.807) is 29.1 Å². The number of piperazine rings is 2. The maximum atomic E-state index is 13.8. The van der Waals surface area contributed by atoms with E-state index < -0.39 is 12.1 Å². The molecule has 6 rings (SSSR count). The Kier molecular flexibility index (Phi) is 17.0. The van der Waals surface area contributed by atoms with E-state index in [0.717, 1.165) is 28.0 Å². The fourth-order valence-electron chi connectivity index (χ4n) is 8.91. The Hall–Kier alpha value is -6.78. The van der Waals surface area contributed by atoms with Gasteiger partial charge in [-0.05, 0) is 62.2 Å². The molecule has 4 amide bonds. The van der Waals surface area contributed by atoms with Gasteiger partial charge < -0.3 is 46.1 Å². The second-order valence-corrected chi connectivity index (χ2v) is 18.8. The third-order valence-corrected chi connectivity index (χ3v) is 12.1. The maximum Gasteiger partial charge on any atom is 0.244 e. The zero-order valence-corrected chi connectivity index (χ0v) is 40.3. The molecule has 362 valence electrons. The third kappa shape index (κ3) is 13.2. The van der Waals surface area contributed by atoms with Crippen LogP contribution < -0.4 is 22.1 Å². The lowest BCUT2D eigenvalue weighted by molar-refractivity contribution is -0.150. The standard InChI is InChI=1S/C52H67N9O7/c1-32(2)51(65)60-35(6)26-58(30-45(60)49(63)56-24-37-10-14-39(15-11-37)47-9-8-20-67-47)28-42(55)22-41(54)23-44-18-19-48(68-44)40-16-12-38(13-17-40)25-57-50(64)46-31-59(29-43(62)21-34(5)53)27-36(7)61(46)52(66)33(3)4/h8-22,32-33,35-36,45-46,55H,23-31,53-54H2,1-7H3,(H,56,63)(H,57,64)/b34-21?,41-22-,55-42?. The molecule has 2 aromatic heterocycles. The summed E-state index contributed by atoms with van der Waals surface area (Å²) in [5, 5.41) is 14.9. The molecular weight excluding hydrogens is 863 g/mol. The highest BCUT2D eigenvalue weighted by atomic mass is 16.3. The quantitative estimate of drug-likeness (QED) is 0.0653. The Bertz CT molecular complexity index is 2470. The molecule has 0 aliphatic carbocycles. The van der Waals surface area contributed by atoms with Crippen molar-refractivity contribution in [1.82, 2.24) is 30.2 Å². The number of hydrogen-bond donors (Lipinski definition) is 5. The Balaban J connectivity index is 1.02. The van der Waals surface area contributed by atoms with Crippen molar-refractivity contribution in [1.29, 1.82) is 5.41 Å². The molecule has 7 N–H and O–H groups in total. The molecule has 16 heteroatoms. The molecule has 4 aromatic rings. The highest BCUT2D eigenvalue weighted by molar-refractivity contribution is 5.95. The first-order chi connectivity index (χ1) is 32.4. The molecule has 16 nitrogen and oxygen atoms in total. The summed E-state index contributed by atoms with van der Waals surface area (Å²) in [7, 11) is 0. The fraction of sp³-hybridized carbons (Fsp3) is 0.423. The van der Waals surface area contributed by atoms with E-state index in [-0.39, 0.29) is 98.2 Å². The van der Waals surface area contributed by atoms with Crippen molar-refractivity contribution in [2.24, 2.45) is 23.3 Å². The maximum absolute atomic E-state index is 13.8. The zero-order valence-electron chi connectivity index (χ0n) is 40.3. The average molecular weight is 930 g/mol. The Morgan fingerprint density at radius 2 is 1.19 bits per heavy atom. The van der Waals surface area contributed by atoms with Gasteiger partial charge in [-0.25, -0.2) is 0 Å². The van der Waals surface area contributed by atoms with Crippen LogP contribution in [0.2, 0.25) is 0 Å². The lowest BCUT2D eigenvalue weighted by Crippen LogP contribution is -2.65. The van der Waals surface area contributed by atoms with Crippen molar-refractivity contribution >= 4 is 35.1 Å². The van der Waals surface area contributed by atoms with Gasteiger partial charge in [-0.3, -0.25) is 33.8 Å². The third-order valence-electron chi connectivity index (χ3n) is 12.1. The van der Waals surface area contributed by atoms with Crippen LogP contribution in [0.3, 0.4) is 0 Å². The highest BCUT2D eigenvalue weighted by Gasteiger charge is 2.41. The summed E-state index contributed by atoms with van der Waals surface area (Å²) < 4.78 is 11.6. The average Bonchev–Trinajstić information content (AvgIpc) is 4.00. The number of ketones is 1. The van der Waals surface area contributed by atoms with Crippen molar-refractivity contribution < 1.29 is 32.8 Å².